The lowest BCUT2D eigenvalue weighted by Crippen LogP contribution is -2.54. The summed E-state index contributed by atoms with van der Waals surface area (Å²) in [6.07, 6.45) is 0.681. The fraction of sp³-hybridized carbons (Fsp3) is 0.310. The second kappa shape index (κ2) is 11.5. The molecule has 2 amide bonds. The van der Waals surface area contributed by atoms with Crippen LogP contribution in [0.15, 0.2) is 83.3 Å². The van der Waals surface area contributed by atoms with Crippen LogP contribution in [0.1, 0.15) is 43.0 Å². The van der Waals surface area contributed by atoms with Gasteiger partial charge in [0.2, 0.25) is 11.8 Å². The van der Waals surface area contributed by atoms with Crippen molar-refractivity contribution in [3.05, 3.63) is 106 Å². The molecule has 0 aromatic heterocycles. The highest BCUT2D eigenvalue weighted by molar-refractivity contribution is 9.10. The van der Waals surface area contributed by atoms with Crippen LogP contribution in [0.2, 0.25) is 0 Å². The van der Waals surface area contributed by atoms with Gasteiger partial charge in [-0.25, -0.2) is 0 Å². The Labute approximate surface area is 211 Å². The van der Waals surface area contributed by atoms with Gasteiger partial charge in [-0.3, -0.25) is 9.59 Å². The Morgan fingerprint density at radius 2 is 1.53 bits per heavy atom. The first-order valence-electron chi connectivity index (χ1n) is 11.6. The van der Waals surface area contributed by atoms with Crippen LogP contribution in [0.4, 0.5) is 0 Å². The number of aryl methyl sites for hydroxylation is 1. The Morgan fingerprint density at radius 1 is 0.882 bits per heavy atom. The van der Waals surface area contributed by atoms with Gasteiger partial charge in [-0.15, -0.1) is 0 Å². The molecule has 34 heavy (non-hydrogen) atoms. The van der Waals surface area contributed by atoms with E-state index >= 15 is 0 Å². The van der Waals surface area contributed by atoms with Gasteiger partial charge in [0.15, 0.2) is 0 Å². The van der Waals surface area contributed by atoms with Crippen LogP contribution >= 0.6 is 15.9 Å². The predicted molar refractivity (Wildman–Crippen MR) is 141 cm³/mol. The van der Waals surface area contributed by atoms with Crippen molar-refractivity contribution >= 4 is 27.7 Å². The third kappa shape index (κ3) is 7.84. The van der Waals surface area contributed by atoms with Crippen LogP contribution in [0.5, 0.6) is 0 Å². The molecule has 0 aliphatic carbocycles. The molecule has 0 aliphatic rings. The Hall–Kier alpha value is -2.92. The molecule has 5 heteroatoms. The number of hydrogen-bond acceptors (Lipinski definition) is 2. The average molecular weight is 521 g/mol. The third-order valence-electron chi connectivity index (χ3n) is 5.45. The highest BCUT2D eigenvalue weighted by Gasteiger charge is 2.32. The lowest BCUT2D eigenvalue weighted by Gasteiger charge is -2.34. The number of nitrogens with one attached hydrogen (secondary N) is 1. The third-order valence-corrected chi connectivity index (χ3v) is 5.94. The van der Waals surface area contributed by atoms with E-state index in [1.54, 1.807) is 4.90 Å². The molecule has 0 fully saturated rings. The second-order valence-corrected chi connectivity index (χ2v) is 10.7. The summed E-state index contributed by atoms with van der Waals surface area (Å²) < 4.78 is 0.940. The molecule has 0 aliphatic heterocycles. The molecule has 178 valence electrons. The number of nitrogens with zero attached hydrogens (tertiary/aromatic N) is 1. The zero-order chi connectivity index (χ0) is 24.7. The smallest absolute Gasteiger partial charge is 0.243 e. The van der Waals surface area contributed by atoms with E-state index in [2.05, 4.69) is 21.2 Å². The maximum absolute atomic E-state index is 13.7. The summed E-state index contributed by atoms with van der Waals surface area (Å²) in [5, 5.41) is 3.10. The number of benzene rings is 3. The van der Waals surface area contributed by atoms with Gasteiger partial charge in [0, 0.05) is 23.0 Å². The lowest BCUT2D eigenvalue weighted by molar-refractivity contribution is -0.141. The van der Waals surface area contributed by atoms with Crippen molar-refractivity contribution in [3.8, 4) is 0 Å². The highest BCUT2D eigenvalue weighted by atomic mass is 79.9. The van der Waals surface area contributed by atoms with Crippen molar-refractivity contribution in [2.75, 3.05) is 0 Å². The molecule has 0 bridgehead atoms. The first-order valence-corrected chi connectivity index (χ1v) is 12.4. The van der Waals surface area contributed by atoms with E-state index in [0.29, 0.717) is 13.0 Å². The molecule has 0 spiro atoms. The summed E-state index contributed by atoms with van der Waals surface area (Å²) in [4.78, 5) is 29.0. The monoisotopic (exact) mass is 520 g/mol. The predicted octanol–water partition coefficient (Wildman–Crippen LogP) is 5.85. The van der Waals surface area contributed by atoms with Crippen LogP contribution in [0.25, 0.3) is 0 Å². The van der Waals surface area contributed by atoms with Crippen LogP contribution in [-0.4, -0.2) is 28.3 Å². The van der Waals surface area contributed by atoms with E-state index in [1.807, 2.05) is 107 Å². The SMILES string of the molecule is Cc1cccc(CC(=O)N(Cc2cccc(Br)c2)[C@H](Cc2ccccc2)C(=O)NC(C)(C)C)c1. The standard InChI is InChI=1S/C29H33BrN2O2/c1-21-10-8-13-23(16-21)19-27(33)32(20-24-14-9-15-25(30)17-24)26(28(34)31-29(2,3)4)18-22-11-6-5-7-12-22/h5-17,26H,18-20H2,1-4H3,(H,31,34)/t26-/m1/s1. The lowest BCUT2D eigenvalue weighted by atomic mass is 9.99. The molecule has 0 saturated carbocycles. The van der Waals surface area contributed by atoms with E-state index in [-0.39, 0.29) is 18.2 Å². The molecular weight excluding hydrogens is 488 g/mol. The summed E-state index contributed by atoms with van der Waals surface area (Å²) in [5.74, 6) is -0.223. The van der Waals surface area contributed by atoms with E-state index < -0.39 is 11.6 Å². The number of carbonyl (C=O) groups excluding carboxylic acids is 2. The van der Waals surface area contributed by atoms with E-state index in [4.69, 9.17) is 0 Å². The highest BCUT2D eigenvalue weighted by Crippen LogP contribution is 2.20. The summed E-state index contributed by atoms with van der Waals surface area (Å²) in [6, 6.07) is 25.1. The molecule has 3 rings (SSSR count). The minimum Gasteiger partial charge on any atom is -0.350 e. The Morgan fingerprint density at radius 3 is 2.18 bits per heavy atom. The summed E-state index contributed by atoms with van der Waals surface area (Å²) in [7, 11) is 0. The van der Waals surface area contributed by atoms with E-state index in [9.17, 15) is 9.59 Å². The topological polar surface area (TPSA) is 49.4 Å². The Balaban J connectivity index is 1.99. The number of amides is 2. The summed E-state index contributed by atoms with van der Waals surface area (Å²) in [6.45, 7) is 8.23. The summed E-state index contributed by atoms with van der Waals surface area (Å²) in [5.41, 5.74) is 3.62. The van der Waals surface area contributed by atoms with Crippen molar-refractivity contribution in [3.63, 3.8) is 0 Å². The van der Waals surface area contributed by atoms with Crippen molar-refractivity contribution < 1.29 is 9.59 Å². The van der Waals surface area contributed by atoms with Gasteiger partial charge in [-0.1, -0.05) is 88.2 Å². The molecule has 4 nitrogen and oxygen atoms in total. The Bertz CT molecular complexity index is 1120. The molecular formula is C29H33BrN2O2. The number of carbonyl (C=O) groups is 2. The van der Waals surface area contributed by atoms with Gasteiger partial charge in [0.05, 0.1) is 6.42 Å². The molecule has 0 saturated heterocycles. The van der Waals surface area contributed by atoms with E-state index in [1.165, 1.54) is 0 Å². The maximum atomic E-state index is 13.7. The zero-order valence-electron chi connectivity index (χ0n) is 20.3. The molecule has 3 aromatic rings. The van der Waals surface area contributed by atoms with Crippen molar-refractivity contribution in [2.45, 2.75) is 58.7 Å². The minimum absolute atomic E-state index is 0.0736. The second-order valence-electron chi connectivity index (χ2n) is 9.76. The fourth-order valence-corrected chi connectivity index (χ4v) is 4.38. The van der Waals surface area contributed by atoms with Crippen molar-refractivity contribution in [2.24, 2.45) is 0 Å². The number of rotatable bonds is 8. The van der Waals surface area contributed by atoms with Crippen molar-refractivity contribution in [1.29, 1.82) is 0 Å². The van der Waals surface area contributed by atoms with Gasteiger partial charge in [0.1, 0.15) is 6.04 Å². The molecule has 1 N–H and O–H groups in total. The first kappa shape index (κ1) is 25.7. The molecule has 0 radical (unpaired) electrons. The van der Waals surface area contributed by atoms with Gasteiger partial charge in [0.25, 0.3) is 0 Å². The van der Waals surface area contributed by atoms with Gasteiger partial charge < -0.3 is 10.2 Å². The van der Waals surface area contributed by atoms with Crippen LogP contribution in [0, 0.1) is 6.92 Å². The fourth-order valence-electron chi connectivity index (χ4n) is 3.94. The minimum atomic E-state index is -0.641. The normalized spacial score (nSPS) is 12.1. The molecule has 3 aromatic carbocycles. The van der Waals surface area contributed by atoms with E-state index in [0.717, 1.165) is 26.7 Å². The number of hydrogen-bond donors (Lipinski definition) is 1. The van der Waals surface area contributed by atoms with Crippen LogP contribution in [0.3, 0.4) is 0 Å². The molecule has 1 atom stereocenters. The van der Waals surface area contributed by atoms with Gasteiger partial charge in [-0.05, 0) is 56.5 Å². The maximum Gasteiger partial charge on any atom is 0.243 e. The Kier molecular flexibility index (Phi) is 8.67. The van der Waals surface area contributed by atoms with Gasteiger partial charge in [-0.2, -0.15) is 0 Å². The van der Waals surface area contributed by atoms with Crippen LogP contribution in [-0.2, 0) is 29.0 Å². The summed E-state index contributed by atoms with van der Waals surface area (Å²) >= 11 is 3.53. The largest absolute Gasteiger partial charge is 0.350 e. The average Bonchev–Trinajstić information content (AvgIpc) is 2.75. The first-order chi connectivity index (χ1) is 16.1. The molecule has 0 unspecified atom stereocenters. The quantitative estimate of drug-likeness (QED) is 0.404. The van der Waals surface area contributed by atoms with Gasteiger partial charge >= 0.3 is 0 Å². The zero-order valence-corrected chi connectivity index (χ0v) is 21.9. The number of halogens is 1. The van der Waals surface area contributed by atoms with Crippen LogP contribution < -0.4 is 5.32 Å². The van der Waals surface area contributed by atoms with Crippen molar-refractivity contribution in [1.82, 2.24) is 10.2 Å². The molecule has 0 heterocycles.